The number of ether oxygens (including phenoxy) is 1. The first-order valence-electron chi connectivity index (χ1n) is 8.41. The summed E-state index contributed by atoms with van der Waals surface area (Å²) in [6, 6.07) is 11.6. The summed E-state index contributed by atoms with van der Waals surface area (Å²) < 4.78 is 7.30. The molecule has 1 aromatic heterocycles. The molecule has 2 amide bonds. The first-order valence-corrected chi connectivity index (χ1v) is 8.41. The van der Waals surface area contributed by atoms with Gasteiger partial charge in [0.1, 0.15) is 13.2 Å². The van der Waals surface area contributed by atoms with Gasteiger partial charge in [-0.05, 0) is 11.6 Å². The SMILES string of the molecule is O=C(Cn1cccn1)N1C[C@@H]2[C@@H](C1)OCC(=O)N2Cc1ccccc1. The van der Waals surface area contributed by atoms with Crippen LogP contribution >= 0.6 is 0 Å². The normalized spacial score (nSPS) is 23.0. The molecule has 2 aliphatic rings. The Morgan fingerprint density at radius 3 is 2.80 bits per heavy atom. The zero-order chi connectivity index (χ0) is 17.2. The average Bonchev–Trinajstić information content (AvgIpc) is 3.28. The fraction of sp³-hybridized carbons (Fsp3) is 0.389. The van der Waals surface area contributed by atoms with Gasteiger partial charge in [-0.1, -0.05) is 30.3 Å². The van der Waals surface area contributed by atoms with Crippen LogP contribution in [-0.2, 0) is 27.4 Å². The minimum Gasteiger partial charge on any atom is -0.364 e. The van der Waals surface area contributed by atoms with E-state index in [0.717, 1.165) is 5.56 Å². The van der Waals surface area contributed by atoms with E-state index in [1.54, 1.807) is 28.0 Å². The van der Waals surface area contributed by atoms with E-state index in [1.165, 1.54) is 0 Å². The summed E-state index contributed by atoms with van der Waals surface area (Å²) in [7, 11) is 0. The van der Waals surface area contributed by atoms with Crippen molar-refractivity contribution in [3.05, 3.63) is 54.4 Å². The molecule has 4 rings (SSSR count). The van der Waals surface area contributed by atoms with E-state index in [-0.39, 0.29) is 37.1 Å². The van der Waals surface area contributed by atoms with Crippen molar-refractivity contribution >= 4 is 11.8 Å². The van der Waals surface area contributed by atoms with E-state index in [1.807, 2.05) is 35.2 Å². The molecule has 0 unspecified atom stereocenters. The van der Waals surface area contributed by atoms with Gasteiger partial charge in [0.2, 0.25) is 11.8 Å². The maximum atomic E-state index is 12.5. The highest BCUT2D eigenvalue weighted by molar-refractivity contribution is 5.80. The number of rotatable bonds is 4. The molecule has 2 atom stereocenters. The lowest BCUT2D eigenvalue weighted by Gasteiger charge is -2.36. The summed E-state index contributed by atoms with van der Waals surface area (Å²) in [5, 5.41) is 4.07. The number of nitrogens with zero attached hydrogens (tertiary/aromatic N) is 4. The lowest BCUT2D eigenvalue weighted by Crippen LogP contribution is -2.53. The van der Waals surface area contributed by atoms with Crippen LogP contribution in [0.2, 0.25) is 0 Å². The minimum absolute atomic E-state index is 0.00573. The molecule has 1 aromatic carbocycles. The van der Waals surface area contributed by atoms with Crippen molar-refractivity contribution in [3.8, 4) is 0 Å². The topological polar surface area (TPSA) is 67.7 Å². The highest BCUT2D eigenvalue weighted by Gasteiger charge is 2.44. The number of likely N-dealkylation sites (tertiary alicyclic amines) is 1. The van der Waals surface area contributed by atoms with Crippen LogP contribution in [0, 0.1) is 0 Å². The van der Waals surface area contributed by atoms with Gasteiger partial charge >= 0.3 is 0 Å². The van der Waals surface area contributed by atoms with E-state index in [4.69, 9.17) is 4.74 Å². The summed E-state index contributed by atoms with van der Waals surface area (Å²) in [6.07, 6.45) is 3.30. The van der Waals surface area contributed by atoms with Crippen molar-refractivity contribution in [1.29, 1.82) is 0 Å². The summed E-state index contributed by atoms with van der Waals surface area (Å²) in [6.45, 7) is 1.85. The molecular weight excluding hydrogens is 320 g/mol. The Hall–Kier alpha value is -2.67. The molecule has 2 aromatic rings. The Labute approximate surface area is 145 Å². The van der Waals surface area contributed by atoms with Crippen LogP contribution < -0.4 is 0 Å². The predicted octanol–water partition coefficient (Wildman–Crippen LogP) is 0.521. The Morgan fingerprint density at radius 2 is 2.04 bits per heavy atom. The number of hydrogen-bond acceptors (Lipinski definition) is 4. The minimum atomic E-state index is -0.122. The van der Waals surface area contributed by atoms with Crippen molar-refractivity contribution in [2.24, 2.45) is 0 Å². The zero-order valence-electron chi connectivity index (χ0n) is 13.8. The second kappa shape index (κ2) is 6.68. The smallest absolute Gasteiger partial charge is 0.249 e. The van der Waals surface area contributed by atoms with Crippen molar-refractivity contribution in [3.63, 3.8) is 0 Å². The Kier molecular flexibility index (Phi) is 4.23. The van der Waals surface area contributed by atoms with Crippen LogP contribution in [0.1, 0.15) is 5.56 Å². The van der Waals surface area contributed by atoms with E-state index in [9.17, 15) is 9.59 Å². The third-order valence-electron chi connectivity index (χ3n) is 4.78. The third-order valence-corrected chi connectivity index (χ3v) is 4.78. The second-order valence-electron chi connectivity index (χ2n) is 6.43. The molecule has 7 nitrogen and oxygen atoms in total. The molecule has 2 fully saturated rings. The Bertz CT molecular complexity index is 747. The summed E-state index contributed by atoms with van der Waals surface area (Å²) in [5.41, 5.74) is 1.08. The molecule has 7 heteroatoms. The Morgan fingerprint density at radius 1 is 1.20 bits per heavy atom. The fourth-order valence-corrected chi connectivity index (χ4v) is 3.49. The first-order chi connectivity index (χ1) is 12.2. The largest absolute Gasteiger partial charge is 0.364 e. The maximum Gasteiger partial charge on any atom is 0.249 e. The van der Waals surface area contributed by atoms with Gasteiger partial charge in [0.05, 0.1) is 12.1 Å². The highest BCUT2D eigenvalue weighted by Crippen LogP contribution is 2.25. The van der Waals surface area contributed by atoms with Gasteiger partial charge in [0.15, 0.2) is 0 Å². The van der Waals surface area contributed by atoms with Crippen LogP contribution in [0.5, 0.6) is 0 Å². The van der Waals surface area contributed by atoms with Gasteiger partial charge in [0.25, 0.3) is 0 Å². The molecule has 0 aliphatic carbocycles. The standard InChI is InChI=1S/C18H20N4O3/c23-17(12-21-8-4-7-19-21)20-10-15-16(11-20)25-13-18(24)22(15)9-14-5-2-1-3-6-14/h1-8,15-16H,9-13H2/t15-,16-/m1/s1. The summed E-state index contributed by atoms with van der Waals surface area (Å²) >= 11 is 0. The number of carbonyl (C=O) groups is 2. The third kappa shape index (κ3) is 3.28. The van der Waals surface area contributed by atoms with Gasteiger partial charge < -0.3 is 14.5 Å². The number of morpholine rings is 1. The predicted molar refractivity (Wildman–Crippen MR) is 89.3 cm³/mol. The molecule has 2 aliphatic heterocycles. The number of fused-ring (bicyclic) bond motifs is 1. The van der Waals surface area contributed by atoms with Crippen LogP contribution in [-0.4, -0.2) is 63.2 Å². The lowest BCUT2D eigenvalue weighted by molar-refractivity contribution is -0.153. The molecule has 0 radical (unpaired) electrons. The molecular formula is C18H20N4O3. The molecule has 3 heterocycles. The quantitative estimate of drug-likeness (QED) is 0.814. The van der Waals surface area contributed by atoms with E-state index in [0.29, 0.717) is 19.6 Å². The van der Waals surface area contributed by atoms with Gasteiger partial charge in [0, 0.05) is 32.0 Å². The number of carbonyl (C=O) groups excluding carboxylic acids is 2. The number of benzene rings is 1. The molecule has 0 spiro atoms. The molecule has 0 bridgehead atoms. The van der Waals surface area contributed by atoms with Crippen molar-refractivity contribution in [1.82, 2.24) is 19.6 Å². The van der Waals surface area contributed by atoms with Gasteiger partial charge in [-0.2, -0.15) is 5.10 Å². The van der Waals surface area contributed by atoms with Crippen LogP contribution in [0.25, 0.3) is 0 Å². The van der Waals surface area contributed by atoms with Gasteiger partial charge in [-0.3, -0.25) is 14.3 Å². The lowest BCUT2D eigenvalue weighted by atomic mass is 10.1. The Balaban J connectivity index is 1.46. The summed E-state index contributed by atoms with van der Waals surface area (Å²) in [5.74, 6) is -0.0275. The number of amides is 2. The fourth-order valence-electron chi connectivity index (χ4n) is 3.49. The van der Waals surface area contributed by atoms with Crippen LogP contribution in [0.15, 0.2) is 48.8 Å². The monoisotopic (exact) mass is 340 g/mol. The first kappa shape index (κ1) is 15.8. The maximum absolute atomic E-state index is 12.5. The molecule has 130 valence electrons. The molecule has 25 heavy (non-hydrogen) atoms. The van der Waals surface area contributed by atoms with Crippen LogP contribution in [0.4, 0.5) is 0 Å². The van der Waals surface area contributed by atoms with Gasteiger partial charge in [-0.15, -0.1) is 0 Å². The van der Waals surface area contributed by atoms with E-state index < -0.39 is 0 Å². The molecule has 2 saturated heterocycles. The number of aromatic nitrogens is 2. The van der Waals surface area contributed by atoms with Gasteiger partial charge in [-0.25, -0.2) is 0 Å². The van der Waals surface area contributed by atoms with E-state index >= 15 is 0 Å². The second-order valence-corrected chi connectivity index (χ2v) is 6.43. The van der Waals surface area contributed by atoms with Crippen molar-refractivity contribution in [2.75, 3.05) is 19.7 Å². The molecule has 0 saturated carbocycles. The van der Waals surface area contributed by atoms with Crippen LogP contribution in [0.3, 0.4) is 0 Å². The van der Waals surface area contributed by atoms with Crippen molar-refractivity contribution in [2.45, 2.75) is 25.2 Å². The molecule has 0 N–H and O–H groups in total. The summed E-state index contributed by atoms with van der Waals surface area (Å²) in [4.78, 5) is 28.5. The van der Waals surface area contributed by atoms with Crippen molar-refractivity contribution < 1.29 is 14.3 Å². The zero-order valence-corrected chi connectivity index (χ0v) is 13.8. The number of hydrogen-bond donors (Lipinski definition) is 0. The highest BCUT2D eigenvalue weighted by atomic mass is 16.5. The van der Waals surface area contributed by atoms with E-state index in [2.05, 4.69) is 5.10 Å². The average molecular weight is 340 g/mol.